The van der Waals surface area contributed by atoms with Gasteiger partial charge in [0.05, 0.1) is 38.8 Å². The molecule has 12 heteroatoms. The Labute approximate surface area is 248 Å². The zero-order valence-corrected chi connectivity index (χ0v) is 24.6. The fraction of sp³-hybridized carbons (Fsp3) is 0.345. The van der Waals surface area contributed by atoms with E-state index in [0.717, 1.165) is 28.8 Å². The monoisotopic (exact) mass is 605 g/mol. The van der Waals surface area contributed by atoms with Gasteiger partial charge in [0, 0.05) is 35.7 Å². The Morgan fingerprint density at radius 2 is 1.90 bits per heavy atom. The van der Waals surface area contributed by atoms with Gasteiger partial charge < -0.3 is 38.9 Å². The number of carboxylic acids is 1. The number of carboxylic acid groups (broad SMARTS) is 1. The number of nitrogens with one attached hydrogen (secondary N) is 1. The molecule has 41 heavy (non-hydrogen) atoms. The van der Waals surface area contributed by atoms with E-state index < -0.39 is 5.97 Å². The molecule has 1 atom stereocenters. The first-order valence-corrected chi connectivity index (χ1v) is 13.6. The average molecular weight is 607 g/mol. The molecule has 1 unspecified atom stereocenters. The molecule has 1 aromatic heterocycles. The molecule has 0 spiro atoms. The van der Waals surface area contributed by atoms with Gasteiger partial charge in [-0.1, -0.05) is 42.3 Å². The number of hydrogen-bond donors (Lipinski definition) is 2. The minimum Gasteiger partial charge on any atom is -0.493 e. The molecule has 10 nitrogen and oxygen atoms in total. The van der Waals surface area contributed by atoms with Gasteiger partial charge in [0.1, 0.15) is 24.1 Å². The van der Waals surface area contributed by atoms with Gasteiger partial charge in [-0.15, -0.1) is 0 Å². The number of aromatic nitrogens is 1. The van der Waals surface area contributed by atoms with Crippen molar-refractivity contribution in [2.45, 2.75) is 26.1 Å². The summed E-state index contributed by atoms with van der Waals surface area (Å²) in [6.07, 6.45) is 1.14. The van der Waals surface area contributed by atoms with E-state index in [1.54, 1.807) is 14.2 Å². The van der Waals surface area contributed by atoms with Crippen molar-refractivity contribution < 1.29 is 33.7 Å². The van der Waals surface area contributed by atoms with E-state index in [0.29, 0.717) is 47.8 Å². The molecule has 2 aliphatic rings. The minimum absolute atomic E-state index is 0.140. The van der Waals surface area contributed by atoms with Crippen LogP contribution in [0.4, 0.5) is 0 Å². The van der Waals surface area contributed by atoms with Crippen molar-refractivity contribution in [3.05, 3.63) is 75.5 Å². The summed E-state index contributed by atoms with van der Waals surface area (Å²) in [4.78, 5) is 31.6. The third-order valence-corrected chi connectivity index (χ3v) is 6.75. The number of amides is 1. The molecule has 0 bridgehead atoms. The van der Waals surface area contributed by atoms with E-state index in [2.05, 4.69) is 5.32 Å². The Bertz CT molecular complexity index is 1360. The van der Waals surface area contributed by atoms with Crippen LogP contribution in [-0.4, -0.2) is 73.1 Å². The normalized spacial score (nSPS) is 15.6. The third-order valence-electron chi connectivity index (χ3n) is 6.22. The van der Waals surface area contributed by atoms with Crippen LogP contribution < -0.4 is 14.8 Å². The molecule has 2 aromatic carbocycles. The lowest BCUT2D eigenvalue weighted by atomic mass is 9.98. The molecule has 0 aliphatic carbocycles. The highest BCUT2D eigenvalue weighted by atomic mass is 35.5. The number of rotatable bonds is 6. The van der Waals surface area contributed by atoms with Crippen molar-refractivity contribution in [3.63, 3.8) is 0 Å². The summed E-state index contributed by atoms with van der Waals surface area (Å²) in [7, 11) is 3.24. The smallest absolute Gasteiger partial charge is 0.323 e. The number of carbonyl (C=O) groups is 3. The average Bonchev–Trinajstić information content (AvgIpc) is 3.25. The zero-order valence-electron chi connectivity index (χ0n) is 23.1. The van der Waals surface area contributed by atoms with Crippen LogP contribution >= 0.6 is 23.2 Å². The SMILES string of the molecule is CCC=O.COc1cccc(C2OCc3ccc(Cl)n3-c3ccc(Cl)cc32)c1OC.O=C(O)CN1CCNCC1=O. The number of halogens is 2. The van der Waals surface area contributed by atoms with Crippen LogP contribution in [0.25, 0.3) is 5.69 Å². The van der Waals surface area contributed by atoms with Crippen LogP contribution in [0, 0.1) is 0 Å². The van der Waals surface area contributed by atoms with Gasteiger partial charge in [0.15, 0.2) is 11.5 Å². The second-order valence-corrected chi connectivity index (χ2v) is 9.74. The van der Waals surface area contributed by atoms with Gasteiger partial charge in [-0.3, -0.25) is 9.59 Å². The molecule has 2 N–H and O–H groups in total. The fourth-order valence-corrected chi connectivity index (χ4v) is 4.83. The standard InChI is InChI=1S/C20H17Cl2NO3.C6H10N2O3.C3H6O/c1-24-17-5-3-4-14(20(17)25-2)19-15-10-12(21)6-8-16(15)23-13(11-26-19)7-9-18(23)22;9-5-3-7-1-2-8(5)4-6(10)11;1-2-3-4/h3-10,19H,11H2,1-2H3;7H,1-4H2,(H,10,11);3H,2H2,1H3. The lowest BCUT2D eigenvalue weighted by Crippen LogP contribution is -2.49. The molecule has 3 aromatic rings. The summed E-state index contributed by atoms with van der Waals surface area (Å²) < 4.78 is 19.3. The van der Waals surface area contributed by atoms with E-state index in [9.17, 15) is 14.4 Å². The summed E-state index contributed by atoms with van der Waals surface area (Å²) in [5, 5.41) is 12.5. The maximum atomic E-state index is 10.9. The molecular formula is C29H33Cl2N3O7. The fourth-order valence-electron chi connectivity index (χ4n) is 4.38. The van der Waals surface area contributed by atoms with E-state index >= 15 is 0 Å². The number of methoxy groups -OCH3 is 2. The number of hydrogen-bond acceptors (Lipinski definition) is 7. The summed E-state index contributed by atoms with van der Waals surface area (Å²) in [6.45, 7) is 3.47. The van der Waals surface area contributed by atoms with Crippen molar-refractivity contribution in [1.82, 2.24) is 14.8 Å². The van der Waals surface area contributed by atoms with Crippen LogP contribution in [0.5, 0.6) is 11.5 Å². The molecule has 3 heterocycles. The molecule has 1 amide bonds. The highest BCUT2D eigenvalue weighted by Crippen LogP contribution is 2.43. The van der Waals surface area contributed by atoms with Crippen molar-refractivity contribution in [1.29, 1.82) is 0 Å². The van der Waals surface area contributed by atoms with E-state index in [1.807, 2.05) is 60.0 Å². The maximum absolute atomic E-state index is 10.9. The third kappa shape index (κ3) is 8.01. The summed E-state index contributed by atoms with van der Waals surface area (Å²) >= 11 is 12.7. The lowest BCUT2D eigenvalue weighted by molar-refractivity contribution is -0.144. The summed E-state index contributed by atoms with van der Waals surface area (Å²) in [5.74, 6) is 0.196. The number of benzene rings is 2. The van der Waals surface area contributed by atoms with Crippen molar-refractivity contribution in [3.8, 4) is 17.2 Å². The Kier molecular flexibility index (Phi) is 12.0. The predicted octanol–water partition coefficient (Wildman–Crippen LogP) is 4.52. The van der Waals surface area contributed by atoms with Crippen LogP contribution in [0.15, 0.2) is 48.5 Å². The van der Waals surface area contributed by atoms with Crippen LogP contribution in [0.2, 0.25) is 10.2 Å². The number of aliphatic carboxylic acids is 1. The first-order chi connectivity index (χ1) is 19.7. The van der Waals surface area contributed by atoms with Crippen LogP contribution in [0.3, 0.4) is 0 Å². The van der Waals surface area contributed by atoms with Gasteiger partial charge in [-0.05, 0) is 36.4 Å². The van der Waals surface area contributed by atoms with E-state index in [1.165, 1.54) is 4.90 Å². The van der Waals surface area contributed by atoms with Gasteiger partial charge in [-0.2, -0.15) is 0 Å². The molecule has 220 valence electrons. The number of para-hydroxylation sites is 1. The first-order valence-electron chi connectivity index (χ1n) is 12.9. The Hall–Kier alpha value is -3.57. The molecule has 0 radical (unpaired) electrons. The Morgan fingerprint density at radius 1 is 1.15 bits per heavy atom. The number of nitrogens with zero attached hydrogens (tertiary/aromatic N) is 2. The largest absolute Gasteiger partial charge is 0.493 e. The van der Waals surface area contributed by atoms with Crippen molar-refractivity contribution >= 4 is 41.4 Å². The zero-order chi connectivity index (χ0) is 29.9. The number of carbonyl (C=O) groups excluding carboxylic acids is 2. The number of piperazine rings is 1. The quantitative estimate of drug-likeness (QED) is 0.394. The van der Waals surface area contributed by atoms with Crippen LogP contribution in [0.1, 0.15) is 36.3 Å². The number of aldehydes is 1. The second kappa shape index (κ2) is 15.4. The maximum Gasteiger partial charge on any atom is 0.323 e. The lowest BCUT2D eigenvalue weighted by Gasteiger charge is -2.25. The highest BCUT2D eigenvalue weighted by Gasteiger charge is 2.29. The van der Waals surface area contributed by atoms with Gasteiger partial charge >= 0.3 is 5.97 Å². The Balaban J connectivity index is 0.000000256. The molecule has 1 saturated heterocycles. The summed E-state index contributed by atoms with van der Waals surface area (Å²) in [5.41, 5.74) is 3.70. The van der Waals surface area contributed by atoms with Gasteiger partial charge in [0.2, 0.25) is 5.91 Å². The molecule has 5 rings (SSSR count). The summed E-state index contributed by atoms with van der Waals surface area (Å²) in [6, 6.07) is 15.3. The van der Waals surface area contributed by atoms with E-state index in [4.69, 9.17) is 42.5 Å². The van der Waals surface area contributed by atoms with Gasteiger partial charge in [0.25, 0.3) is 0 Å². The molecular weight excluding hydrogens is 573 g/mol. The minimum atomic E-state index is -0.958. The topological polar surface area (TPSA) is 119 Å². The number of ether oxygens (including phenoxy) is 3. The molecule has 0 saturated carbocycles. The predicted molar refractivity (Wildman–Crippen MR) is 155 cm³/mol. The molecule has 1 fully saturated rings. The van der Waals surface area contributed by atoms with Gasteiger partial charge in [-0.25, -0.2) is 0 Å². The van der Waals surface area contributed by atoms with Crippen molar-refractivity contribution in [2.75, 3.05) is 40.4 Å². The first kappa shape index (κ1) is 32.0. The van der Waals surface area contributed by atoms with Crippen molar-refractivity contribution in [2.24, 2.45) is 0 Å². The second-order valence-electron chi connectivity index (χ2n) is 8.92. The van der Waals surface area contributed by atoms with Crippen LogP contribution in [-0.2, 0) is 25.7 Å². The molecule has 2 aliphatic heterocycles. The Morgan fingerprint density at radius 3 is 2.54 bits per heavy atom. The van der Waals surface area contributed by atoms with E-state index in [-0.39, 0.29) is 25.1 Å². The highest BCUT2D eigenvalue weighted by molar-refractivity contribution is 6.31. The number of fused-ring (bicyclic) bond motifs is 3.